The van der Waals surface area contributed by atoms with Crippen molar-refractivity contribution >= 4 is 39.9 Å². The van der Waals surface area contributed by atoms with Gasteiger partial charge in [0.2, 0.25) is 0 Å². The summed E-state index contributed by atoms with van der Waals surface area (Å²) in [6.07, 6.45) is 0. The van der Waals surface area contributed by atoms with Crippen LogP contribution in [0.15, 0.2) is 105 Å². The third-order valence-corrected chi connectivity index (χ3v) is 6.08. The van der Waals surface area contributed by atoms with Gasteiger partial charge < -0.3 is 9.80 Å². The summed E-state index contributed by atoms with van der Waals surface area (Å²) in [7, 11) is 7.97. The number of nitrogens with zero attached hydrogens (tertiary/aromatic N) is 6. The summed E-state index contributed by atoms with van der Waals surface area (Å²) in [5, 5.41) is 17.3. The summed E-state index contributed by atoms with van der Waals surface area (Å²) in [6, 6.07) is 26.8. The molecule has 1 aliphatic carbocycles. The Hall–Kier alpha value is -4.65. The highest BCUT2D eigenvalue weighted by atomic mass is 16.1. The number of ketones is 1. The summed E-state index contributed by atoms with van der Waals surface area (Å²) >= 11 is 0. The van der Waals surface area contributed by atoms with E-state index in [0.29, 0.717) is 22.5 Å². The fourth-order valence-electron chi connectivity index (χ4n) is 4.05. The average molecular weight is 475 g/mol. The predicted molar refractivity (Wildman–Crippen MR) is 145 cm³/mol. The van der Waals surface area contributed by atoms with Gasteiger partial charge in [0.1, 0.15) is 0 Å². The Morgan fingerprint density at radius 2 is 0.778 bits per heavy atom. The van der Waals surface area contributed by atoms with Gasteiger partial charge in [-0.3, -0.25) is 4.79 Å². The first-order chi connectivity index (χ1) is 17.4. The molecule has 0 amide bonds. The van der Waals surface area contributed by atoms with E-state index in [1.165, 1.54) is 0 Å². The van der Waals surface area contributed by atoms with Crippen molar-refractivity contribution < 1.29 is 4.79 Å². The van der Waals surface area contributed by atoms with E-state index in [9.17, 15) is 4.79 Å². The van der Waals surface area contributed by atoms with E-state index >= 15 is 0 Å². The second-order valence-electron chi connectivity index (χ2n) is 9.01. The standard InChI is InChI=1S/C29H26N6O/c1-34(2)23-11-5-19(6-12-23)30-32-21-9-15-25-26-16-10-22(18-28(26)29(36)27(25)17-21)33-31-20-7-13-24(14-8-20)35(3)4/h5-18H,1-4H3. The van der Waals surface area contributed by atoms with Crippen molar-refractivity contribution in [3.05, 3.63) is 96.1 Å². The van der Waals surface area contributed by atoms with Crippen LogP contribution in [-0.4, -0.2) is 34.0 Å². The van der Waals surface area contributed by atoms with Crippen molar-refractivity contribution in [1.29, 1.82) is 0 Å². The number of anilines is 2. The summed E-state index contributed by atoms with van der Waals surface area (Å²) in [5.74, 6) is -0.0419. The Kier molecular flexibility index (Phi) is 6.12. The molecule has 0 heterocycles. The zero-order chi connectivity index (χ0) is 25.2. The van der Waals surface area contributed by atoms with Gasteiger partial charge in [0.15, 0.2) is 5.78 Å². The molecular weight excluding hydrogens is 448 g/mol. The van der Waals surface area contributed by atoms with Gasteiger partial charge in [0.25, 0.3) is 0 Å². The molecule has 1 aliphatic rings. The van der Waals surface area contributed by atoms with E-state index in [4.69, 9.17) is 0 Å². The Morgan fingerprint density at radius 3 is 1.14 bits per heavy atom. The summed E-state index contributed by atoms with van der Waals surface area (Å²) in [5.41, 5.74) is 7.99. The molecule has 7 nitrogen and oxygen atoms in total. The van der Waals surface area contributed by atoms with Gasteiger partial charge in [-0.05, 0) is 83.9 Å². The maximum absolute atomic E-state index is 13.2. The number of carbonyl (C=O) groups excluding carboxylic acids is 1. The van der Waals surface area contributed by atoms with Gasteiger partial charge in [-0.2, -0.15) is 20.5 Å². The van der Waals surface area contributed by atoms with E-state index in [0.717, 1.165) is 33.9 Å². The number of hydrogen-bond acceptors (Lipinski definition) is 7. The van der Waals surface area contributed by atoms with Gasteiger partial charge >= 0.3 is 0 Å². The zero-order valence-electron chi connectivity index (χ0n) is 20.7. The van der Waals surface area contributed by atoms with Crippen LogP contribution in [0.1, 0.15) is 15.9 Å². The molecule has 0 bridgehead atoms. The largest absolute Gasteiger partial charge is 0.378 e. The molecule has 4 aromatic carbocycles. The molecule has 0 saturated heterocycles. The number of benzene rings is 4. The molecule has 0 fully saturated rings. The van der Waals surface area contributed by atoms with Gasteiger partial charge in [0.05, 0.1) is 22.7 Å². The highest BCUT2D eigenvalue weighted by Gasteiger charge is 2.27. The summed E-state index contributed by atoms with van der Waals surface area (Å²) < 4.78 is 0. The van der Waals surface area contributed by atoms with E-state index in [-0.39, 0.29) is 5.78 Å². The molecule has 5 rings (SSSR count). The highest BCUT2D eigenvalue weighted by molar-refractivity contribution is 6.22. The smallest absolute Gasteiger partial charge is 0.194 e. The Balaban J connectivity index is 1.34. The molecule has 0 unspecified atom stereocenters. The van der Waals surface area contributed by atoms with E-state index in [1.807, 2.05) is 111 Å². The zero-order valence-corrected chi connectivity index (χ0v) is 20.7. The quantitative estimate of drug-likeness (QED) is 0.235. The maximum Gasteiger partial charge on any atom is 0.194 e. The Bertz CT molecular complexity index is 1370. The molecule has 0 N–H and O–H groups in total. The first-order valence-electron chi connectivity index (χ1n) is 11.6. The second-order valence-corrected chi connectivity index (χ2v) is 9.01. The molecule has 0 aliphatic heterocycles. The molecule has 0 saturated carbocycles. The first-order valence-corrected chi connectivity index (χ1v) is 11.6. The molecule has 0 atom stereocenters. The van der Waals surface area contributed by atoms with Crippen LogP contribution < -0.4 is 9.80 Å². The summed E-state index contributed by atoms with van der Waals surface area (Å²) in [4.78, 5) is 17.2. The lowest BCUT2D eigenvalue weighted by Crippen LogP contribution is -2.07. The fraction of sp³-hybridized carbons (Fsp3) is 0.138. The van der Waals surface area contributed by atoms with Crippen LogP contribution >= 0.6 is 0 Å². The van der Waals surface area contributed by atoms with Crippen LogP contribution in [0.5, 0.6) is 0 Å². The van der Waals surface area contributed by atoms with E-state index in [2.05, 4.69) is 20.5 Å². The lowest BCUT2D eigenvalue weighted by atomic mass is 10.1. The van der Waals surface area contributed by atoms with Crippen molar-refractivity contribution in [2.45, 2.75) is 0 Å². The third-order valence-electron chi connectivity index (χ3n) is 6.08. The molecular formula is C29H26N6O. The molecule has 36 heavy (non-hydrogen) atoms. The average Bonchev–Trinajstić information content (AvgIpc) is 3.17. The molecule has 4 aromatic rings. The van der Waals surface area contributed by atoms with Crippen molar-refractivity contribution in [2.75, 3.05) is 38.0 Å². The molecule has 0 aromatic heterocycles. The minimum absolute atomic E-state index is 0.0419. The Morgan fingerprint density at radius 1 is 0.444 bits per heavy atom. The van der Waals surface area contributed by atoms with Crippen LogP contribution in [0.3, 0.4) is 0 Å². The summed E-state index contributed by atoms with van der Waals surface area (Å²) in [6.45, 7) is 0. The fourth-order valence-corrected chi connectivity index (χ4v) is 4.05. The predicted octanol–water partition coefficient (Wildman–Crippen LogP) is 7.86. The lowest BCUT2D eigenvalue weighted by Gasteiger charge is -2.11. The number of azo groups is 2. The van der Waals surface area contributed by atoms with Crippen molar-refractivity contribution in [2.24, 2.45) is 20.5 Å². The van der Waals surface area contributed by atoms with Gasteiger partial charge in [-0.1, -0.05) is 12.1 Å². The van der Waals surface area contributed by atoms with Crippen LogP contribution in [0, 0.1) is 0 Å². The normalized spacial score (nSPS) is 12.3. The maximum atomic E-state index is 13.2. The molecule has 7 heteroatoms. The van der Waals surface area contributed by atoms with Crippen LogP contribution in [0.4, 0.5) is 34.1 Å². The number of hydrogen-bond donors (Lipinski definition) is 0. The number of carbonyl (C=O) groups is 1. The SMILES string of the molecule is CN(C)c1ccc(N=Nc2ccc3c(c2)C(=O)c2cc(N=Nc4ccc(N(C)C)cc4)ccc2-3)cc1. The molecule has 178 valence electrons. The molecule has 0 radical (unpaired) electrons. The monoisotopic (exact) mass is 474 g/mol. The highest BCUT2D eigenvalue weighted by Crippen LogP contribution is 2.40. The number of rotatable bonds is 6. The van der Waals surface area contributed by atoms with Crippen molar-refractivity contribution in [3.8, 4) is 11.1 Å². The minimum atomic E-state index is -0.0419. The van der Waals surface area contributed by atoms with Crippen molar-refractivity contribution in [3.63, 3.8) is 0 Å². The van der Waals surface area contributed by atoms with Gasteiger partial charge in [-0.25, -0.2) is 0 Å². The first kappa shape index (κ1) is 23.1. The number of fused-ring (bicyclic) bond motifs is 3. The van der Waals surface area contributed by atoms with Gasteiger partial charge in [0, 0.05) is 50.7 Å². The lowest BCUT2D eigenvalue weighted by molar-refractivity contribution is 0.104. The third kappa shape index (κ3) is 4.63. The van der Waals surface area contributed by atoms with Crippen LogP contribution in [0.25, 0.3) is 11.1 Å². The minimum Gasteiger partial charge on any atom is -0.378 e. The van der Waals surface area contributed by atoms with Crippen molar-refractivity contribution in [1.82, 2.24) is 0 Å². The topological polar surface area (TPSA) is 73.0 Å². The van der Waals surface area contributed by atoms with Crippen LogP contribution in [-0.2, 0) is 0 Å². The van der Waals surface area contributed by atoms with Gasteiger partial charge in [-0.15, -0.1) is 0 Å². The molecule has 0 spiro atoms. The van der Waals surface area contributed by atoms with E-state index in [1.54, 1.807) is 12.1 Å². The van der Waals surface area contributed by atoms with Crippen LogP contribution in [0.2, 0.25) is 0 Å². The Labute approximate surface area is 210 Å². The van der Waals surface area contributed by atoms with E-state index < -0.39 is 0 Å². The second kappa shape index (κ2) is 9.54.